The van der Waals surface area contributed by atoms with E-state index >= 15 is 0 Å². The molecule has 0 radical (unpaired) electrons. The lowest BCUT2D eigenvalue weighted by atomic mass is 10.0. The number of phenolic OH excluding ortho intramolecular Hbond substituents is 1. The van der Waals surface area contributed by atoms with Gasteiger partial charge < -0.3 is 15.7 Å². The lowest BCUT2D eigenvalue weighted by molar-refractivity contribution is 0.480. The largest absolute Gasteiger partial charge is 0.505 e. The summed E-state index contributed by atoms with van der Waals surface area (Å²) in [5.41, 5.74) is 8.91. The summed E-state index contributed by atoms with van der Waals surface area (Å²) >= 11 is 0. The van der Waals surface area contributed by atoms with Crippen LogP contribution in [-0.2, 0) is 0 Å². The zero-order valence-corrected chi connectivity index (χ0v) is 10.5. The van der Waals surface area contributed by atoms with Gasteiger partial charge in [-0.25, -0.2) is 0 Å². The Kier molecular flexibility index (Phi) is 2.83. The lowest BCUT2D eigenvalue weighted by Gasteiger charge is -2.14. The van der Waals surface area contributed by atoms with E-state index in [1.807, 2.05) is 42.7 Å². The second-order valence-corrected chi connectivity index (χ2v) is 4.51. The van der Waals surface area contributed by atoms with Gasteiger partial charge in [0.1, 0.15) is 5.75 Å². The number of para-hydroxylation sites is 1. The van der Waals surface area contributed by atoms with Crippen LogP contribution >= 0.6 is 0 Å². The van der Waals surface area contributed by atoms with Crippen LogP contribution in [-0.4, -0.2) is 24.5 Å². The van der Waals surface area contributed by atoms with Crippen molar-refractivity contribution in [3.63, 3.8) is 0 Å². The van der Waals surface area contributed by atoms with Crippen LogP contribution in [0.5, 0.6) is 5.75 Å². The van der Waals surface area contributed by atoms with E-state index in [-0.39, 0.29) is 5.75 Å². The second kappa shape index (κ2) is 4.65. The average Bonchev–Trinajstić information content (AvgIpc) is 2.96. The van der Waals surface area contributed by atoms with E-state index in [2.05, 4.69) is 9.89 Å². The minimum absolute atomic E-state index is 0.137. The third-order valence-corrected chi connectivity index (χ3v) is 3.27. The van der Waals surface area contributed by atoms with Gasteiger partial charge in [0.05, 0.1) is 18.6 Å². The first-order chi connectivity index (χ1) is 9.25. The Bertz CT molecular complexity index is 620. The number of anilines is 2. The Hall–Kier alpha value is -2.49. The Balaban J connectivity index is 1.94. The summed E-state index contributed by atoms with van der Waals surface area (Å²) in [6.45, 7) is 1.76. The van der Waals surface area contributed by atoms with Crippen LogP contribution in [0.25, 0.3) is 11.1 Å². The number of rotatable bonds is 2. The average molecular weight is 253 g/mol. The summed E-state index contributed by atoms with van der Waals surface area (Å²) in [7, 11) is 0. The van der Waals surface area contributed by atoms with Gasteiger partial charge in [-0.05, 0) is 23.8 Å². The van der Waals surface area contributed by atoms with Gasteiger partial charge >= 0.3 is 0 Å². The fraction of sp³-hybridized carbons (Fsp3) is 0.133. The highest BCUT2D eigenvalue weighted by atomic mass is 16.3. The van der Waals surface area contributed by atoms with Crippen molar-refractivity contribution in [3.05, 3.63) is 42.5 Å². The summed E-state index contributed by atoms with van der Waals surface area (Å²) in [4.78, 5) is 6.29. The SMILES string of the molecule is Nc1cccc(-c2ccc(N3C=NCC3)cc2)c1O. The first-order valence-corrected chi connectivity index (χ1v) is 6.20. The molecule has 0 aliphatic carbocycles. The summed E-state index contributed by atoms with van der Waals surface area (Å²) in [6.07, 6.45) is 1.85. The van der Waals surface area contributed by atoms with Crippen molar-refractivity contribution < 1.29 is 5.11 Å². The number of nitrogens with two attached hydrogens (primary N) is 1. The van der Waals surface area contributed by atoms with Gasteiger partial charge in [0.15, 0.2) is 0 Å². The third-order valence-electron chi connectivity index (χ3n) is 3.27. The molecule has 3 rings (SSSR count). The van der Waals surface area contributed by atoms with E-state index in [1.165, 1.54) is 0 Å². The molecular weight excluding hydrogens is 238 g/mol. The molecule has 2 aromatic carbocycles. The smallest absolute Gasteiger partial charge is 0.146 e. The van der Waals surface area contributed by atoms with Gasteiger partial charge in [0.2, 0.25) is 0 Å². The maximum atomic E-state index is 9.98. The summed E-state index contributed by atoms with van der Waals surface area (Å²) in [5.74, 6) is 0.137. The first-order valence-electron chi connectivity index (χ1n) is 6.20. The Morgan fingerprint density at radius 2 is 1.89 bits per heavy atom. The van der Waals surface area contributed by atoms with Crippen molar-refractivity contribution >= 4 is 17.7 Å². The number of aliphatic imine (C=N–C) groups is 1. The molecule has 1 aliphatic heterocycles. The molecule has 4 nitrogen and oxygen atoms in total. The van der Waals surface area contributed by atoms with Gasteiger partial charge in [0, 0.05) is 17.8 Å². The number of benzene rings is 2. The van der Waals surface area contributed by atoms with Gasteiger partial charge in [-0.2, -0.15) is 0 Å². The van der Waals surface area contributed by atoms with E-state index < -0.39 is 0 Å². The number of hydrogen-bond donors (Lipinski definition) is 2. The Morgan fingerprint density at radius 3 is 2.58 bits per heavy atom. The highest BCUT2D eigenvalue weighted by Gasteiger charge is 2.10. The molecule has 0 unspecified atom stereocenters. The highest BCUT2D eigenvalue weighted by Crippen LogP contribution is 2.34. The molecule has 0 saturated heterocycles. The molecule has 0 fully saturated rings. The van der Waals surface area contributed by atoms with E-state index in [0.717, 1.165) is 29.9 Å². The van der Waals surface area contributed by atoms with Gasteiger partial charge in [-0.15, -0.1) is 0 Å². The van der Waals surface area contributed by atoms with Crippen LogP contribution in [0.4, 0.5) is 11.4 Å². The predicted octanol–water partition coefficient (Wildman–Crippen LogP) is 2.49. The van der Waals surface area contributed by atoms with E-state index in [4.69, 9.17) is 5.73 Å². The molecule has 0 aromatic heterocycles. The first kappa shape index (κ1) is 11.6. The molecule has 3 N–H and O–H groups in total. The molecule has 2 aromatic rings. The molecule has 0 atom stereocenters. The minimum Gasteiger partial charge on any atom is -0.505 e. The Labute approximate surface area is 111 Å². The third kappa shape index (κ3) is 2.12. The maximum absolute atomic E-state index is 9.98. The summed E-state index contributed by atoms with van der Waals surface area (Å²) in [5, 5.41) is 9.98. The number of aromatic hydroxyl groups is 1. The fourth-order valence-corrected chi connectivity index (χ4v) is 2.20. The van der Waals surface area contributed by atoms with Crippen LogP contribution in [0.3, 0.4) is 0 Å². The van der Waals surface area contributed by atoms with E-state index in [0.29, 0.717) is 5.69 Å². The molecule has 1 heterocycles. The molecule has 0 amide bonds. The topological polar surface area (TPSA) is 61.8 Å². The van der Waals surface area contributed by atoms with Crippen molar-refractivity contribution in [1.29, 1.82) is 0 Å². The van der Waals surface area contributed by atoms with Crippen LogP contribution in [0.15, 0.2) is 47.5 Å². The normalized spacial score (nSPS) is 14.0. The number of nitrogen functional groups attached to an aromatic ring is 1. The summed E-state index contributed by atoms with van der Waals surface area (Å²) in [6, 6.07) is 13.4. The molecular formula is C15H15N3O. The van der Waals surface area contributed by atoms with Crippen molar-refractivity contribution in [2.24, 2.45) is 4.99 Å². The predicted molar refractivity (Wildman–Crippen MR) is 78.7 cm³/mol. The Morgan fingerprint density at radius 1 is 1.11 bits per heavy atom. The van der Waals surface area contributed by atoms with Crippen molar-refractivity contribution in [2.45, 2.75) is 0 Å². The van der Waals surface area contributed by atoms with E-state index in [9.17, 15) is 5.11 Å². The number of nitrogens with zero attached hydrogens (tertiary/aromatic N) is 2. The fourth-order valence-electron chi connectivity index (χ4n) is 2.20. The highest BCUT2D eigenvalue weighted by molar-refractivity contribution is 5.83. The van der Waals surface area contributed by atoms with Crippen molar-refractivity contribution in [2.75, 3.05) is 23.7 Å². The molecule has 1 aliphatic rings. The maximum Gasteiger partial charge on any atom is 0.146 e. The van der Waals surface area contributed by atoms with Crippen LogP contribution < -0.4 is 10.6 Å². The lowest BCUT2D eigenvalue weighted by Crippen LogP contribution is -2.17. The molecule has 19 heavy (non-hydrogen) atoms. The van der Waals surface area contributed by atoms with Gasteiger partial charge in [0.25, 0.3) is 0 Å². The molecule has 4 heteroatoms. The van der Waals surface area contributed by atoms with Crippen molar-refractivity contribution in [1.82, 2.24) is 0 Å². The van der Waals surface area contributed by atoms with Gasteiger partial charge in [-0.3, -0.25) is 4.99 Å². The second-order valence-electron chi connectivity index (χ2n) is 4.51. The number of hydrogen-bond acceptors (Lipinski definition) is 4. The van der Waals surface area contributed by atoms with Crippen LogP contribution in [0.2, 0.25) is 0 Å². The van der Waals surface area contributed by atoms with Crippen LogP contribution in [0.1, 0.15) is 0 Å². The monoisotopic (exact) mass is 253 g/mol. The number of phenols is 1. The summed E-state index contributed by atoms with van der Waals surface area (Å²) < 4.78 is 0. The van der Waals surface area contributed by atoms with Crippen LogP contribution in [0, 0.1) is 0 Å². The van der Waals surface area contributed by atoms with Crippen molar-refractivity contribution in [3.8, 4) is 16.9 Å². The molecule has 0 spiro atoms. The van der Waals surface area contributed by atoms with Gasteiger partial charge in [-0.1, -0.05) is 24.3 Å². The molecule has 0 saturated carbocycles. The van der Waals surface area contributed by atoms with E-state index in [1.54, 1.807) is 6.07 Å². The molecule has 0 bridgehead atoms. The zero-order valence-electron chi connectivity index (χ0n) is 10.5. The minimum atomic E-state index is 0.137. The standard InChI is InChI=1S/C15H15N3O/c16-14-3-1-2-13(15(14)19)11-4-6-12(7-5-11)18-9-8-17-10-18/h1-7,10,19H,8-9,16H2. The molecule has 96 valence electrons. The quantitative estimate of drug-likeness (QED) is 0.638. The zero-order chi connectivity index (χ0) is 13.2.